The summed E-state index contributed by atoms with van der Waals surface area (Å²) in [5.74, 6) is -0.493. The molecule has 2 aromatic rings. The van der Waals surface area contributed by atoms with E-state index in [4.69, 9.17) is 5.11 Å². The third kappa shape index (κ3) is 5.30. The van der Waals surface area contributed by atoms with Crippen molar-refractivity contribution in [2.75, 3.05) is 18.1 Å². The third-order valence-electron chi connectivity index (χ3n) is 3.17. The van der Waals surface area contributed by atoms with Gasteiger partial charge in [-0.3, -0.25) is 14.3 Å². The van der Waals surface area contributed by atoms with Crippen molar-refractivity contribution in [2.24, 2.45) is 7.05 Å². The summed E-state index contributed by atoms with van der Waals surface area (Å²) in [6.45, 7) is 0.273. The van der Waals surface area contributed by atoms with Gasteiger partial charge in [-0.05, 0) is 6.07 Å². The zero-order valence-electron chi connectivity index (χ0n) is 13.2. The first-order valence-corrected chi connectivity index (χ1v) is 9.74. The lowest BCUT2D eigenvalue weighted by molar-refractivity contribution is -0.136. The van der Waals surface area contributed by atoms with Crippen molar-refractivity contribution >= 4 is 44.5 Å². The van der Waals surface area contributed by atoms with E-state index < -0.39 is 24.0 Å². The number of nitrogens with one attached hydrogen (secondary N) is 1. The molecule has 2 N–H and O–H groups in total. The van der Waals surface area contributed by atoms with E-state index in [1.54, 1.807) is 7.05 Å². The molecule has 1 amide bonds. The summed E-state index contributed by atoms with van der Waals surface area (Å²) in [7, 11) is 4.43. The number of aliphatic carboxylic acids is 1. The van der Waals surface area contributed by atoms with Gasteiger partial charge in [0.2, 0.25) is 0 Å². The Morgan fingerprint density at radius 1 is 1.36 bits per heavy atom. The van der Waals surface area contributed by atoms with Gasteiger partial charge in [0.15, 0.2) is 0 Å². The molecule has 0 aliphatic rings. The monoisotopic (exact) mass is 390 g/mol. The lowest BCUT2D eigenvalue weighted by atomic mass is 10.1. The maximum absolute atomic E-state index is 13.2. The van der Waals surface area contributed by atoms with Gasteiger partial charge in [0.25, 0.3) is 12.3 Å². The van der Waals surface area contributed by atoms with Gasteiger partial charge < -0.3 is 10.4 Å². The van der Waals surface area contributed by atoms with E-state index in [1.807, 2.05) is 0 Å². The van der Waals surface area contributed by atoms with Crippen LogP contribution in [0.15, 0.2) is 12.3 Å². The number of fused-ring (bicyclic) bond motifs is 1. The van der Waals surface area contributed by atoms with Crippen LogP contribution in [-0.2, 0) is 11.8 Å². The summed E-state index contributed by atoms with van der Waals surface area (Å²) >= 11 is 0. The predicted molar refractivity (Wildman–Crippen MR) is 93.0 cm³/mol. The zero-order valence-corrected chi connectivity index (χ0v) is 14.9. The summed E-state index contributed by atoms with van der Waals surface area (Å²) in [5.41, 5.74) is 0.0593. The lowest BCUT2D eigenvalue weighted by Gasteiger charge is -2.09. The normalized spacial score (nSPS) is 11.2. The van der Waals surface area contributed by atoms with Gasteiger partial charge in [-0.2, -0.15) is 5.10 Å². The number of hydrogen-bond donors (Lipinski definition) is 2. The van der Waals surface area contributed by atoms with Crippen molar-refractivity contribution in [1.29, 1.82) is 0 Å². The Morgan fingerprint density at radius 2 is 2.08 bits per heavy atom. The van der Waals surface area contributed by atoms with Crippen LogP contribution in [0.3, 0.4) is 0 Å². The van der Waals surface area contributed by atoms with Crippen LogP contribution in [0.1, 0.15) is 28.9 Å². The van der Waals surface area contributed by atoms with Crippen molar-refractivity contribution < 1.29 is 23.5 Å². The van der Waals surface area contributed by atoms with Gasteiger partial charge in [0.05, 0.1) is 23.7 Å². The van der Waals surface area contributed by atoms with E-state index in [0.717, 1.165) is 0 Å². The number of halogens is 2. The molecule has 0 radical (unpaired) electrons. The van der Waals surface area contributed by atoms with E-state index in [9.17, 15) is 18.4 Å². The number of rotatable bonds is 9. The lowest BCUT2D eigenvalue weighted by Crippen LogP contribution is -2.27. The van der Waals surface area contributed by atoms with E-state index in [1.165, 1.54) is 38.5 Å². The average molecular weight is 390 g/mol. The van der Waals surface area contributed by atoms with E-state index in [0.29, 0.717) is 22.5 Å². The SMILES string of the molecule is Cn1ncc2nc(C(F)F)c(C(=O)NCCSSCCC(=O)O)cc21. The number of nitrogens with zero attached hydrogens (tertiary/aromatic N) is 3. The molecular formula is C14H16F2N4O3S2. The van der Waals surface area contributed by atoms with Crippen molar-refractivity contribution in [1.82, 2.24) is 20.1 Å². The van der Waals surface area contributed by atoms with Gasteiger partial charge >= 0.3 is 5.97 Å². The molecule has 7 nitrogen and oxygen atoms in total. The molecule has 11 heteroatoms. The quantitative estimate of drug-likeness (QED) is 0.501. The number of alkyl halides is 2. The summed E-state index contributed by atoms with van der Waals surface area (Å²) < 4.78 is 27.8. The molecule has 0 unspecified atom stereocenters. The van der Waals surface area contributed by atoms with Crippen LogP contribution in [0.4, 0.5) is 8.78 Å². The topological polar surface area (TPSA) is 97.1 Å². The Morgan fingerprint density at radius 3 is 2.76 bits per heavy atom. The highest BCUT2D eigenvalue weighted by molar-refractivity contribution is 8.76. The molecule has 0 fully saturated rings. The Balaban J connectivity index is 1.95. The minimum Gasteiger partial charge on any atom is -0.481 e. The molecule has 2 heterocycles. The minimum atomic E-state index is -2.87. The largest absolute Gasteiger partial charge is 0.481 e. The molecule has 0 aliphatic carbocycles. The fourth-order valence-corrected chi connectivity index (χ4v) is 3.87. The van der Waals surface area contributed by atoms with Gasteiger partial charge in [0, 0.05) is 25.1 Å². The van der Waals surface area contributed by atoms with Crippen LogP contribution in [0, 0.1) is 0 Å². The summed E-state index contributed by atoms with van der Waals surface area (Å²) in [4.78, 5) is 26.4. The molecule has 0 aromatic carbocycles. The molecule has 136 valence electrons. The number of amides is 1. The van der Waals surface area contributed by atoms with Crippen LogP contribution in [-0.4, -0.2) is 49.8 Å². The molecule has 0 saturated carbocycles. The second-order valence-corrected chi connectivity index (χ2v) is 7.64. The number of aromatic nitrogens is 3. The van der Waals surface area contributed by atoms with Gasteiger partial charge in [0.1, 0.15) is 11.2 Å². The Bertz CT molecular complexity index is 770. The standard InChI is InChI=1S/C14H16F2N4O3S2/c1-20-10-6-8(12(13(15)16)19-9(10)7-18-20)14(23)17-3-5-25-24-4-2-11(21)22/h6-7,13H,2-5H2,1H3,(H,17,23)(H,21,22). The summed E-state index contributed by atoms with van der Waals surface area (Å²) in [5, 5.41) is 15.0. The second-order valence-electron chi connectivity index (χ2n) is 4.94. The molecule has 0 saturated heterocycles. The van der Waals surface area contributed by atoms with Gasteiger partial charge in [-0.15, -0.1) is 0 Å². The Hall–Kier alpha value is -1.88. The molecule has 2 aromatic heterocycles. The van der Waals surface area contributed by atoms with E-state index in [2.05, 4.69) is 15.4 Å². The summed E-state index contributed by atoms with van der Waals surface area (Å²) in [6.07, 6.45) is -1.43. The molecule has 0 aliphatic heterocycles. The maximum Gasteiger partial charge on any atom is 0.304 e. The second kappa shape index (κ2) is 8.99. The Kier molecular flexibility index (Phi) is 7.00. The van der Waals surface area contributed by atoms with Crippen molar-refractivity contribution in [3.05, 3.63) is 23.5 Å². The molecule has 0 atom stereocenters. The minimum absolute atomic E-state index is 0.0676. The number of carbonyl (C=O) groups excluding carboxylic acids is 1. The van der Waals surface area contributed by atoms with E-state index in [-0.39, 0.29) is 18.5 Å². The van der Waals surface area contributed by atoms with Gasteiger partial charge in [-0.1, -0.05) is 21.6 Å². The zero-order chi connectivity index (χ0) is 18.4. The maximum atomic E-state index is 13.2. The van der Waals surface area contributed by atoms with Crippen LogP contribution < -0.4 is 5.32 Å². The van der Waals surface area contributed by atoms with Crippen molar-refractivity contribution in [3.8, 4) is 0 Å². The summed E-state index contributed by atoms with van der Waals surface area (Å²) in [6, 6.07) is 1.36. The Labute approximate surface area is 150 Å². The van der Waals surface area contributed by atoms with Gasteiger partial charge in [-0.25, -0.2) is 13.8 Å². The highest BCUT2D eigenvalue weighted by Crippen LogP contribution is 2.25. The molecular weight excluding hydrogens is 374 g/mol. The third-order valence-corrected chi connectivity index (χ3v) is 5.58. The first kappa shape index (κ1) is 19.4. The molecule has 0 spiro atoms. The number of carbonyl (C=O) groups is 2. The number of carboxylic acid groups (broad SMARTS) is 1. The average Bonchev–Trinajstić information content (AvgIpc) is 2.92. The fraction of sp³-hybridized carbons (Fsp3) is 0.429. The number of carboxylic acids is 1. The van der Waals surface area contributed by atoms with Crippen molar-refractivity contribution in [3.63, 3.8) is 0 Å². The number of hydrogen-bond acceptors (Lipinski definition) is 6. The van der Waals surface area contributed by atoms with Crippen LogP contribution in [0.5, 0.6) is 0 Å². The molecule has 0 bridgehead atoms. The van der Waals surface area contributed by atoms with Crippen LogP contribution >= 0.6 is 21.6 Å². The fourth-order valence-electron chi connectivity index (χ4n) is 1.99. The molecule has 2 rings (SSSR count). The smallest absolute Gasteiger partial charge is 0.304 e. The first-order chi connectivity index (χ1) is 11.9. The molecule has 25 heavy (non-hydrogen) atoms. The first-order valence-electron chi connectivity index (χ1n) is 7.25. The van der Waals surface area contributed by atoms with E-state index >= 15 is 0 Å². The van der Waals surface area contributed by atoms with Crippen LogP contribution in [0.2, 0.25) is 0 Å². The highest BCUT2D eigenvalue weighted by atomic mass is 33.1. The number of pyridine rings is 1. The number of aryl methyl sites for hydroxylation is 1. The highest BCUT2D eigenvalue weighted by Gasteiger charge is 2.22. The predicted octanol–water partition coefficient (Wildman–Crippen LogP) is 2.49. The van der Waals surface area contributed by atoms with Crippen molar-refractivity contribution in [2.45, 2.75) is 12.8 Å². The van der Waals surface area contributed by atoms with Crippen LogP contribution in [0.25, 0.3) is 11.0 Å².